The number of anilines is 8. The van der Waals surface area contributed by atoms with Crippen LogP contribution in [0, 0.1) is 0 Å². The third-order valence-electron chi connectivity index (χ3n) is 14.8. The van der Waals surface area contributed by atoms with Crippen LogP contribution in [-0.2, 0) is 5.41 Å². The molecule has 3 aliphatic heterocycles. The molecule has 4 heteroatoms. The Morgan fingerprint density at radius 3 is 1.69 bits per heavy atom. The molecule has 0 saturated heterocycles. The molecule has 61 heavy (non-hydrogen) atoms. The highest BCUT2D eigenvalue weighted by Crippen LogP contribution is 2.61. The average molecular weight is 786 g/mol. The molecule has 0 N–H and O–H groups in total. The van der Waals surface area contributed by atoms with Crippen molar-refractivity contribution in [3.05, 3.63) is 200 Å². The van der Waals surface area contributed by atoms with Gasteiger partial charge in [-0.15, -0.1) is 0 Å². The molecule has 2 atom stereocenters. The van der Waals surface area contributed by atoms with Crippen LogP contribution in [-0.4, -0.2) is 12.3 Å². The maximum absolute atomic E-state index is 2.78. The second kappa shape index (κ2) is 13.9. The summed E-state index contributed by atoms with van der Waals surface area (Å²) in [7, 11) is 0. The van der Waals surface area contributed by atoms with Crippen LogP contribution in [0.1, 0.15) is 51.5 Å². The lowest BCUT2D eigenvalue weighted by Crippen LogP contribution is -2.61. The normalized spacial score (nSPS) is 19.6. The van der Waals surface area contributed by atoms with Crippen molar-refractivity contribution in [1.29, 1.82) is 0 Å². The zero-order valence-electron chi connectivity index (χ0n) is 34.9. The summed E-state index contributed by atoms with van der Waals surface area (Å²) in [5, 5.41) is 0. The largest absolute Gasteiger partial charge is 0.334 e. The summed E-state index contributed by atoms with van der Waals surface area (Å²) < 4.78 is 0. The standard InChI is InChI=1S/C57H48BN3/c1-56-34-17-6-18-35-57(56,2)61(50-30-15-13-28-47(50)56)46-38-53-55-54(39-46)60(45-27-19-24-42(36-45)40-20-7-3-8-21-40)52-37-43(41-22-9-4-10-23-41)32-33-49(52)58(55)48-29-14-16-31-51(48)59(53)44-25-11-5-12-26-44/h3-5,7-16,19-33,36-39H,6,17-18,34-35H2,1-2H3. The van der Waals surface area contributed by atoms with Crippen molar-refractivity contribution in [2.75, 3.05) is 14.7 Å². The van der Waals surface area contributed by atoms with E-state index in [4.69, 9.17) is 0 Å². The van der Waals surface area contributed by atoms with Crippen molar-refractivity contribution < 1.29 is 0 Å². The van der Waals surface area contributed by atoms with Crippen LogP contribution in [0.3, 0.4) is 0 Å². The van der Waals surface area contributed by atoms with Gasteiger partial charge in [0.1, 0.15) is 0 Å². The van der Waals surface area contributed by atoms with Crippen LogP contribution < -0.4 is 31.1 Å². The third-order valence-corrected chi connectivity index (χ3v) is 14.8. The van der Waals surface area contributed by atoms with Gasteiger partial charge in [-0.2, -0.15) is 0 Å². The lowest BCUT2D eigenvalue weighted by molar-refractivity contribution is 0.261. The molecule has 8 aromatic carbocycles. The van der Waals surface area contributed by atoms with E-state index in [1.165, 1.54) is 110 Å². The van der Waals surface area contributed by atoms with Gasteiger partial charge in [-0.25, -0.2) is 0 Å². The first-order chi connectivity index (χ1) is 30.0. The Kier molecular flexibility index (Phi) is 8.22. The second-order valence-electron chi connectivity index (χ2n) is 18.0. The van der Waals surface area contributed by atoms with E-state index >= 15 is 0 Å². The van der Waals surface area contributed by atoms with Crippen LogP contribution >= 0.6 is 0 Å². The maximum atomic E-state index is 2.78. The fraction of sp³-hybridized carbons (Fsp3) is 0.158. The van der Waals surface area contributed by atoms with Gasteiger partial charge in [0.25, 0.3) is 6.71 Å². The highest BCUT2D eigenvalue weighted by Gasteiger charge is 2.57. The first-order valence-corrected chi connectivity index (χ1v) is 22.2. The quantitative estimate of drug-likeness (QED) is 0.161. The lowest BCUT2D eigenvalue weighted by atomic mass is 9.33. The Morgan fingerprint density at radius 1 is 0.393 bits per heavy atom. The summed E-state index contributed by atoms with van der Waals surface area (Å²) in [5.74, 6) is 0. The number of hydrogen-bond acceptors (Lipinski definition) is 3. The van der Waals surface area contributed by atoms with Gasteiger partial charge >= 0.3 is 0 Å². The van der Waals surface area contributed by atoms with Gasteiger partial charge in [0, 0.05) is 50.9 Å². The number of rotatable bonds is 5. The van der Waals surface area contributed by atoms with Crippen LogP contribution in [0.2, 0.25) is 0 Å². The predicted octanol–water partition coefficient (Wildman–Crippen LogP) is 13.2. The summed E-state index contributed by atoms with van der Waals surface area (Å²) in [4.78, 5) is 7.92. The van der Waals surface area contributed by atoms with Crippen molar-refractivity contribution in [3.8, 4) is 22.3 Å². The molecular formula is C57H48BN3. The molecule has 0 amide bonds. The number of benzene rings is 8. The van der Waals surface area contributed by atoms with Crippen LogP contribution in [0.4, 0.5) is 45.5 Å². The Morgan fingerprint density at radius 2 is 0.951 bits per heavy atom. The first kappa shape index (κ1) is 36.1. The topological polar surface area (TPSA) is 9.72 Å². The fourth-order valence-electron chi connectivity index (χ4n) is 11.7. The highest BCUT2D eigenvalue weighted by molar-refractivity contribution is 7.00. The molecule has 1 fully saturated rings. The van der Waals surface area contributed by atoms with Gasteiger partial charge in [-0.3, -0.25) is 0 Å². The van der Waals surface area contributed by atoms with Gasteiger partial charge in [0.15, 0.2) is 0 Å². The van der Waals surface area contributed by atoms with Gasteiger partial charge in [0.05, 0.1) is 5.54 Å². The summed E-state index contributed by atoms with van der Waals surface area (Å²) >= 11 is 0. The van der Waals surface area contributed by atoms with E-state index in [-0.39, 0.29) is 17.7 Å². The number of hydrogen-bond donors (Lipinski definition) is 0. The van der Waals surface area contributed by atoms with Crippen molar-refractivity contribution in [2.24, 2.45) is 0 Å². The van der Waals surface area contributed by atoms with Crippen molar-refractivity contribution in [3.63, 3.8) is 0 Å². The fourth-order valence-corrected chi connectivity index (χ4v) is 11.7. The molecular weight excluding hydrogens is 737 g/mol. The smallest absolute Gasteiger partial charge is 0.252 e. The summed E-state index contributed by atoms with van der Waals surface area (Å²) in [6, 6.07) is 72.7. The Bertz CT molecular complexity index is 2960. The molecule has 3 nitrogen and oxygen atoms in total. The lowest BCUT2D eigenvalue weighted by Gasteiger charge is -2.48. The monoisotopic (exact) mass is 785 g/mol. The van der Waals surface area contributed by atoms with Crippen molar-refractivity contribution in [2.45, 2.75) is 56.9 Å². The molecule has 3 heterocycles. The van der Waals surface area contributed by atoms with E-state index in [0.717, 1.165) is 12.1 Å². The SMILES string of the molecule is CC12CCCCCC1(C)N(c1cc3c4c(c1)N(c1cccc(-c5ccccc5)c1)c1cc(-c5ccccc5)ccc1B4c1ccccc1N3c1ccccc1)c1ccccc12. The van der Waals surface area contributed by atoms with Crippen LogP contribution in [0.5, 0.6) is 0 Å². The molecule has 0 spiro atoms. The molecule has 1 aliphatic carbocycles. The molecule has 12 rings (SSSR count). The average Bonchev–Trinajstić information content (AvgIpc) is 3.38. The molecule has 294 valence electrons. The summed E-state index contributed by atoms with van der Waals surface area (Å²) in [6.07, 6.45) is 6.10. The van der Waals surface area contributed by atoms with Crippen LogP contribution in [0.15, 0.2) is 194 Å². The zero-order chi connectivity index (χ0) is 40.7. The Hall–Kier alpha value is -6.78. The number of fused-ring (bicyclic) bond motifs is 7. The van der Waals surface area contributed by atoms with Crippen LogP contribution in [0.25, 0.3) is 22.3 Å². The van der Waals surface area contributed by atoms with Gasteiger partial charge in [-0.05, 0) is 119 Å². The molecule has 0 radical (unpaired) electrons. The van der Waals surface area contributed by atoms with E-state index in [1.807, 2.05) is 0 Å². The van der Waals surface area contributed by atoms with Crippen molar-refractivity contribution >= 4 is 68.6 Å². The summed E-state index contributed by atoms with van der Waals surface area (Å²) in [6.45, 7) is 5.16. The Balaban J connectivity index is 1.19. The second-order valence-corrected chi connectivity index (χ2v) is 18.0. The predicted molar refractivity (Wildman–Crippen MR) is 259 cm³/mol. The minimum Gasteiger partial charge on any atom is -0.334 e. The minimum absolute atomic E-state index is 0.0162. The molecule has 1 saturated carbocycles. The number of nitrogens with zero attached hydrogens (tertiary/aromatic N) is 3. The Labute approximate surface area is 360 Å². The molecule has 4 aliphatic rings. The van der Waals surface area contributed by atoms with E-state index in [9.17, 15) is 0 Å². The molecule has 8 aromatic rings. The van der Waals surface area contributed by atoms with Gasteiger partial charge in [-0.1, -0.05) is 166 Å². The van der Waals surface area contributed by atoms with Crippen molar-refractivity contribution in [1.82, 2.24) is 0 Å². The van der Waals surface area contributed by atoms with E-state index in [0.29, 0.717) is 0 Å². The zero-order valence-corrected chi connectivity index (χ0v) is 34.9. The van der Waals surface area contributed by atoms with E-state index in [2.05, 4.69) is 223 Å². The number of para-hydroxylation sites is 3. The molecule has 2 unspecified atom stereocenters. The van der Waals surface area contributed by atoms with Gasteiger partial charge < -0.3 is 14.7 Å². The third kappa shape index (κ3) is 5.37. The van der Waals surface area contributed by atoms with Gasteiger partial charge in [0.2, 0.25) is 0 Å². The van der Waals surface area contributed by atoms with E-state index < -0.39 is 0 Å². The molecule has 0 bridgehead atoms. The minimum atomic E-state index is -0.108. The molecule has 0 aromatic heterocycles. The highest BCUT2D eigenvalue weighted by atomic mass is 15.3. The maximum Gasteiger partial charge on any atom is 0.252 e. The first-order valence-electron chi connectivity index (χ1n) is 22.2. The summed E-state index contributed by atoms with van der Waals surface area (Å²) in [5.41, 5.74) is 20.1. The van der Waals surface area contributed by atoms with E-state index in [1.54, 1.807) is 0 Å².